The summed E-state index contributed by atoms with van der Waals surface area (Å²) in [6.07, 6.45) is 2.46. The summed E-state index contributed by atoms with van der Waals surface area (Å²) in [5.41, 5.74) is 0.438. The number of ketones is 1. The van der Waals surface area contributed by atoms with Gasteiger partial charge in [-0.25, -0.2) is 4.79 Å². The second kappa shape index (κ2) is 7.03. The molecule has 1 aromatic heterocycles. The molecule has 2 atom stereocenters. The van der Waals surface area contributed by atoms with Gasteiger partial charge < -0.3 is 9.30 Å². The van der Waals surface area contributed by atoms with Crippen molar-refractivity contribution in [1.29, 1.82) is 0 Å². The minimum absolute atomic E-state index is 0.000950. The number of carbonyl (C=O) groups is 2. The highest BCUT2D eigenvalue weighted by Crippen LogP contribution is 2.32. The van der Waals surface area contributed by atoms with Gasteiger partial charge in [-0.1, -0.05) is 55.1 Å². The normalized spacial score (nSPS) is 14.6. The Labute approximate surface area is 139 Å². The van der Waals surface area contributed by atoms with Crippen molar-refractivity contribution >= 4 is 46.6 Å². The van der Waals surface area contributed by atoms with E-state index in [0.717, 1.165) is 6.42 Å². The lowest BCUT2D eigenvalue weighted by Crippen LogP contribution is -2.19. The highest BCUT2D eigenvalue weighted by molar-refractivity contribution is 6.77. The first-order chi connectivity index (χ1) is 9.63. The van der Waals surface area contributed by atoms with E-state index in [2.05, 4.69) is 13.8 Å². The number of hydrogen-bond donors (Lipinski definition) is 0. The standard InChI is InChI=1S/C14H18Cl3NO3/c1-5-8(2)9(3)18-7-10(12(19)14(15,16)17)6-11(18)13(20)21-4/h6-9H,5H2,1-4H3. The lowest BCUT2D eigenvalue weighted by molar-refractivity contribution is 0.0584. The van der Waals surface area contributed by atoms with Crippen LogP contribution in [0.3, 0.4) is 0 Å². The van der Waals surface area contributed by atoms with Crippen molar-refractivity contribution in [3.05, 3.63) is 23.5 Å². The van der Waals surface area contributed by atoms with Crippen LogP contribution in [-0.2, 0) is 4.74 Å². The van der Waals surface area contributed by atoms with Crippen LogP contribution in [0.1, 0.15) is 54.1 Å². The summed E-state index contributed by atoms with van der Waals surface area (Å²) in [6, 6.07) is 1.40. The first-order valence-corrected chi connectivity index (χ1v) is 7.68. The molecule has 4 nitrogen and oxygen atoms in total. The number of esters is 1. The number of rotatable bonds is 5. The predicted molar refractivity (Wildman–Crippen MR) is 84.6 cm³/mol. The summed E-state index contributed by atoms with van der Waals surface area (Å²) in [4.78, 5) is 23.9. The molecular weight excluding hydrogens is 337 g/mol. The van der Waals surface area contributed by atoms with Gasteiger partial charge in [-0.15, -0.1) is 0 Å². The first-order valence-electron chi connectivity index (χ1n) is 6.55. The zero-order chi connectivity index (χ0) is 16.4. The molecule has 0 saturated heterocycles. The molecule has 1 heterocycles. The van der Waals surface area contributed by atoms with Crippen molar-refractivity contribution in [2.75, 3.05) is 7.11 Å². The van der Waals surface area contributed by atoms with Crippen LogP contribution >= 0.6 is 34.8 Å². The molecule has 118 valence electrons. The number of halogens is 3. The Morgan fingerprint density at radius 2 is 1.90 bits per heavy atom. The topological polar surface area (TPSA) is 48.3 Å². The third kappa shape index (κ3) is 4.15. The van der Waals surface area contributed by atoms with Crippen LogP contribution in [0.5, 0.6) is 0 Å². The number of hydrogen-bond acceptors (Lipinski definition) is 3. The van der Waals surface area contributed by atoms with Crippen molar-refractivity contribution in [3.8, 4) is 0 Å². The average Bonchev–Trinajstić information content (AvgIpc) is 2.87. The van der Waals surface area contributed by atoms with E-state index >= 15 is 0 Å². The van der Waals surface area contributed by atoms with E-state index in [4.69, 9.17) is 39.5 Å². The summed E-state index contributed by atoms with van der Waals surface area (Å²) in [6.45, 7) is 6.07. The number of methoxy groups -OCH3 is 1. The number of Topliss-reactive ketones (excluding diaryl/α,β-unsaturated/α-hetero) is 1. The number of nitrogens with zero attached hydrogens (tertiary/aromatic N) is 1. The van der Waals surface area contributed by atoms with Gasteiger partial charge >= 0.3 is 5.97 Å². The molecule has 7 heteroatoms. The Bertz CT molecular complexity index is 534. The lowest BCUT2D eigenvalue weighted by atomic mass is 10.0. The Balaban J connectivity index is 3.32. The highest BCUT2D eigenvalue weighted by Gasteiger charge is 2.34. The van der Waals surface area contributed by atoms with Crippen molar-refractivity contribution in [1.82, 2.24) is 4.57 Å². The van der Waals surface area contributed by atoms with Gasteiger partial charge in [0.1, 0.15) is 5.69 Å². The second-order valence-electron chi connectivity index (χ2n) is 4.97. The summed E-state index contributed by atoms with van der Waals surface area (Å²) in [7, 11) is 1.28. The van der Waals surface area contributed by atoms with Gasteiger partial charge in [-0.05, 0) is 18.9 Å². The second-order valence-corrected chi connectivity index (χ2v) is 7.25. The van der Waals surface area contributed by atoms with Crippen LogP contribution < -0.4 is 0 Å². The van der Waals surface area contributed by atoms with E-state index in [1.165, 1.54) is 19.4 Å². The smallest absolute Gasteiger partial charge is 0.354 e. The van der Waals surface area contributed by atoms with Crippen LogP contribution in [0.2, 0.25) is 0 Å². The molecule has 0 aliphatic carbocycles. The fraction of sp³-hybridized carbons (Fsp3) is 0.571. The Morgan fingerprint density at radius 1 is 1.33 bits per heavy atom. The number of aromatic nitrogens is 1. The third-order valence-corrected chi connectivity index (χ3v) is 4.18. The van der Waals surface area contributed by atoms with Gasteiger partial charge in [-0.2, -0.15) is 0 Å². The SMILES string of the molecule is CCC(C)C(C)n1cc(C(=O)C(Cl)(Cl)Cl)cc1C(=O)OC. The maximum absolute atomic E-state index is 12.0. The van der Waals surface area contributed by atoms with Crippen molar-refractivity contribution in [2.45, 2.75) is 37.0 Å². The minimum Gasteiger partial charge on any atom is -0.464 e. The third-order valence-electron chi connectivity index (χ3n) is 3.67. The maximum atomic E-state index is 12.0. The van der Waals surface area contributed by atoms with E-state index in [1.54, 1.807) is 4.57 Å². The Kier molecular flexibility index (Phi) is 6.14. The minimum atomic E-state index is -2.06. The molecule has 0 bridgehead atoms. The predicted octanol–water partition coefficient (Wildman–Crippen LogP) is 4.43. The average molecular weight is 355 g/mol. The molecule has 0 aliphatic rings. The molecular formula is C14H18Cl3NO3. The number of ether oxygens (including phenoxy) is 1. The van der Waals surface area contributed by atoms with Crippen LogP contribution in [0, 0.1) is 5.92 Å². The number of alkyl halides is 3. The molecule has 1 aromatic rings. The molecule has 0 amide bonds. The fourth-order valence-electron chi connectivity index (χ4n) is 1.99. The van der Waals surface area contributed by atoms with E-state index in [-0.39, 0.29) is 17.3 Å². The van der Waals surface area contributed by atoms with Crippen molar-refractivity contribution in [2.24, 2.45) is 5.92 Å². The molecule has 1 rings (SSSR count). The first kappa shape index (κ1) is 18.3. The molecule has 0 aromatic carbocycles. The van der Waals surface area contributed by atoms with Crippen LogP contribution in [0.15, 0.2) is 12.3 Å². The van der Waals surface area contributed by atoms with Crippen molar-refractivity contribution in [3.63, 3.8) is 0 Å². The zero-order valence-electron chi connectivity index (χ0n) is 12.3. The molecule has 0 N–H and O–H groups in total. The lowest BCUT2D eigenvalue weighted by Gasteiger charge is -2.22. The maximum Gasteiger partial charge on any atom is 0.354 e. The van der Waals surface area contributed by atoms with Gasteiger partial charge in [-0.3, -0.25) is 4.79 Å². The van der Waals surface area contributed by atoms with Gasteiger partial charge in [0.2, 0.25) is 5.78 Å². The van der Waals surface area contributed by atoms with Crippen molar-refractivity contribution < 1.29 is 14.3 Å². The Hall–Kier alpha value is -0.710. The molecule has 0 radical (unpaired) electrons. The quantitative estimate of drug-likeness (QED) is 0.446. The van der Waals surface area contributed by atoms with E-state index < -0.39 is 15.5 Å². The molecule has 0 fully saturated rings. The monoisotopic (exact) mass is 353 g/mol. The highest BCUT2D eigenvalue weighted by atomic mass is 35.6. The van der Waals surface area contributed by atoms with Gasteiger partial charge in [0.05, 0.1) is 7.11 Å². The van der Waals surface area contributed by atoms with E-state index in [0.29, 0.717) is 5.92 Å². The molecule has 0 saturated carbocycles. The molecule has 0 spiro atoms. The summed E-state index contributed by atoms with van der Waals surface area (Å²) in [5.74, 6) is -0.905. The zero-order valence-corrected chi connectivity index (χ0v) is 14.6. The molecule has 21 heavy (non-hydrogen) atoms. The van der Waals surface area contributed by atoms with Crippen LogP contribution in [-0.4, -0.2) is 27.2 Å². The fourth-order valence-corrected chi connectivity index (χ4v) is 2.31. The van der Waals surface area contributed by atoms with E-state index in [9.17, 15) is 9.59 Å². The van der Waals surface area contributed by atoms with Crippen LogP contribution in [0.4, 0.5) is 0 Å². The molecule has 2 unspecified atom stereocenters. The molecule has 0 aliphatic heterocycles. The van der Waals surface area contributed by atoms with Gasteiger partial charge in [0.25, 0.3) is 3.79 Å². The van der Waals surface area contributed by atoms with Crippen LogP contribution in [0.25, 0.3) is 0 Å². The summed E-state index contributed by atoms with van der Waals surface area (Å²) < 4.78 is 4.39. The largest absolute Gasteiger partial charge is 0.464 e. The Morgan fingerprint density at radius 3 is 2.33 bits per heavy atom. The number of carbonyl (C=O) groups excluding carboxylic acids is 2. The summed E-state index contributed by atoms with van der Waals surface area (Å²) >= 11 is 16.9. The summed E-state index contributed by atoms with van der Waals surface area (Å²) in [5, 5.41) is 0. The van der Waals surface area contributed by atoms with Gasteiger partial charge in [0.15, 0.2) is 0 Å². The van der Waals surface area contributed by atoms with E-state index in [1.807, 2.05) is 6.92 Å². The van der Waals surface area contributed by atoms with Gasteiger partial charge in [0, 0.05) is 17.8 Å².